The van der Waals surface area contributed by atoms with Crippen LogP contribution in [-0.4, -0.2) is 29.9 Å². The average Bonchev–Trinajstić information content (AvgIpc) is 2.55. The molecule has 0 saturated carbocycles. The Labute approximate surface area is 136 Å². The number of aromatic nitrogens is 1. The molecule has 0 unspecified atom stereocenters. The van der Waals surface area contributed by atoms with Gasteiger partial charge in [-0.25, -0.2) is 4.98 Å². The number of aromatic carboxylic acids is 1. The molecule has 24 heavy (non-hydrogen) atoms. The van der Waals surface area contributed by atoms with Gasteiger partial charge in [-0.05, 0) is 6.07 Å². The van der Waals surface area contributed by atoms with Gasteiger partial charge in [-0.3, -0.25) is 20.2 Å². The summed E-state index contributed by atoms with van der Waals surface area (Å²) in [5.41, 5.74) is -0.896. The standard InChI is InChI=1S/C7H4N2O6.C7H10N2/c10-7(11)4-1-2-5(8(12)13)6(3-4)9(14)15;1-9(2)7-3-5-8-6-4-7/h1-3H,(H,10,11);3-6H,1-2H3. The summed E-state index contributed by atoms with van der Waals surface area (Å²) in [6, 6.07) is 6.28. The van der Waals surface area contributed by atoms with Gasteiger partial charge in [0.05, 0.1) is 15.8 Å². The minimum Gasteiger partial charge on any atom is -0.545 e. The van der Waals surface area contributed by atoms with E-state index in [0.29, 0.717) is 6.07 Å². The summed E-state index contributed by atoms with van der Waals surface area (Å²) in [4.78, 5) is 34.1. The Morgan fingerprint density at radius 2 is 1.54 bits per heavy atom. The first-order valence-corrected chi connectivity index (χ1v) is 6.51. The van der Waals surface area contributed by atoms with Gasteiger partial charge in [0.1, 0.15) is 0 Å². The number of carbonyl (C=O) groups excluding carboxylic acids is 1. The fraction of sp³-hybridized carbons (Fsp3) is 0.143. The Hall–Kier alpha value is -3.56. The highest BCUT2D eigenvalue weighted by Gasteiger charge is 2.24. The number of rotatable bonds is 4. The second-order valence-electron chi connectivity index (χ2n) is 4.66. The topological polar surface area (TPSA) is 144 Å². The van der Waals surface area contributed by atoms with Crippen LogP contribution in [0.4, 0.5) is 17.1 Å². The van der Waals surface area contributed by atoms with Crippen LogP contribution in [0.5, 0.6) is 0 Å². The van der Waals surface area contributed by atoms with Crippen molar-refractivity contribution < 1.29 is 24.7 Å². The number of nitrogens with one attached hydrogen (secondary N) is 1. The molecule has 0 spiro atoms. The second kappa shape index (κ2) is 8.17. The zero-order chi connectivity index (χ0) is 18.3. The molecule has 10 nitrogen and oxygen atoms in total. The van der Waals surface area contributed by atoms with Crippen molar-refractivity contribution in [1.29, 1.82) is 0 Å². The number of H-pyrrole nitrogens is 1. The van der Waals surface area contributed by atoms with E-state index < -0.39 is 32.8 Å². The number of anilines is 1. The predicted molar refractivity (Wildman–Crippen MR) is 81.4 cm³/mol. The molecule has 1 aromatic carbocycles. The summed E-state index contributed by atoms with van der Waals surface area (Å²) >= 11 is 0. The van der Waals surface area contributed by atoms with Crippen LogP contribution in [0, 0.1) is 20.2 Å². The average molecular weight is 334 g/mol. The molecular formula is C14H14N4O6. The van der Waals surface area contributed by atoms with E-state index in [9.17, 15) is 30.1 Å². The number of pyridine rings is 1. The third-order valence-corrected chi connectivity index (χ3v) is 2.82. The van der Waals surface area contributed by atoms with Crippen LogP contribution in [0.25, 0.3) is 0 Å². The molecule has 0 atom stereocenters. The lowest BCUT2D eigenvalue weighted by atomic mass is 10.2. The molecule has 0 aliphatic rings. The van der Waals surface area contributed by atoms with Gasteiger partial charge in [0, 0.05) is 49.6 Å². The zero-order valence-corrected chi connectivity index (χ0v) is 12.8. The van der Waals surface area contributed by atoms with Crippen molar-refractivity contribution in [2.45, 2.75) is 0 Å². The summed E-state index contributed by atoms with van der Waals surface area (Å²) in [7, 11) is 4.05. The van der Waals surface area contributed by atoms with E-state index in [4.69, 9.17) is 0 Å². The molecule has 0 bridgehead atoms. The van der Waals surface area contributed by atoms with Crippen molar-refractivity contribution in [1.82, 2.24) is 0 Å². The van der Waals surface area contributed by atoms with Gasteiger partial charge < -0.3 is 14.8 Å². The number of hydrogen-bond acceptors (Lipinski definition) is 7. The number of carbonyl (C=O) groups is 1. The van der Waals surface area contributed by atoms with Crippen molar-refractivity contribution in [2.75, 3.05) is 19.0 Å². The maximum absolute atomic E-state index is 10.4. The summed E-state index contributed by atoms with van der Waals surface area (Å²) in [5, 5.41) is 31.1. The summed E-state index contributed by atoms with van der Waals surface area (Å²) in [6.45, 7) is 0. The fourth-order valence-electron chi connectivity index (χ4n) is 1.63. The van der Waals surface area contributed by atoms with Crippen molar-refractivity contribution in [3.05, 3.63) is 68.5 Å². The van der Waals surface area contributed by atoms with Crippen LogP contribution in [0.15, 0.2) is 42.7 Å². The van der Waals surface area contributed by atoms with Crippen molar-refractivity contribution >= 4 is 23.0 Å². The first kappa shape index (κ1) is 18.5. The van der Waals surface area contributed by atoms with E-state index in [0.717, 1.165) is 12.1 Å². The number of carboxylic acids is 1. The van der Waals surface area contributed by atoms with Gasteiger partial charge in [0.25, 0.3) is 0 Å². The van der Waals surface area contributed by atoms with Crippen LogP contribution < -0.4 is 15.0 Å². The normalized spacial score (nSPS) is 9.42. The molecule has 0 fully saturated rings. The SMILES string of the molecule is CN(C)c1cc[nH+]cc1.O=C([O-])c1ccc([N+](=O)[O-])c([N+](=O)[O-])c1. The maximum Gasteiger partial charge on any atom is 0.346 e. The molecule has 10 heteroatoms. The zero-order valence-electron chi connectivity index (χ0n) is 12.8. The molecule has 2 rings (SSSR count). The molecule has 0 saturated heterocycles. The highest BCUT2D eigenvalue weighted by molar-refractivity contribution is 5.87. The van der Waals surface area contributed by atoms with Crippen molar-refractivity contribution in [3.63, 3.8) is 0 Å². The van der Waals surface area contributed by atoms with E-state index in [1.165, 1.54) is 5.69 Å². The van der Waals surface area contributed by atoms with Gasteiger partial charge >= 0.3 is 11.4 Å². The Kier molecular flexibility index (Phi) is 6.30. The van der Waals surface area contributed by atoms with Gasteiger partial charge in [-0.1, -0.05) is 0 Å². The van der Waals surface area contributed by atoms with E-state index >= 15 is 0 Å². The summed E-state index contributed by atoms with van der Waals surface area (Å²) in [5.74, 6) is -1.63. The third kappa shape index (κ3) is 5.02. The molecule has 0 amide bonds. The summed E-state index contributed by atoms with van der Waals surface area (Å²) in [6.07, 6.45) is 3.82. The predicted octanol–water partition coefficient (Wildman–Crippen LogP) is 0.433. The van der Waals surface area contributed by atoms with E-state index in [1.54, 1.807) is 0 Å². The number of benzene rings is 1. The Balaban J connectivity index is 0.000000272. The molecule has 1 N–H and O–H groups in total. The summed E-state index contributed by atoms with van der Waals surface area (Å²) < 4.78 is 0. The Morgan fingerprint density at radius 1 is 1.00 bits per heavy atom. The van der Waals surface area contributed by atoms with Crippen LogP contribution in [0.1, 0.15) is 10.4 Å². The molecule has 2 aromatic rings. The lowest BCUT2D eigenvalue weighted by molar-refractivity contribution is -0.422. The smallest absolute Gasteiger partial charge is 0.346 e. The molecular weight excluding hydrogens is 320 g/mol. The first-order chi connectivity index (χ1) is 11.2. The van der Waals surface area contributed by atoms with E-state index in [-0.39, 0.29) is 0 Å². The number of nitro groups is 2. The number of aromatic amines is 1. The fourth-order valence-corrected chi connectivity index (χ4v) is 1.63. The van der Waals surface area contributed by atoms with Gasteiger partial charge in [0.15, 0.2) is 12.4 Å². The van der Waals surface area contributed by atoms with Gasteiger partial charge in [-0.2, -0.15) is 0 Å². The minimum absolute atomic E-state index is 0.479. The van der Waals surface area contributed by atoms with Crippen molar-refractivity contribution in [3.8, 4) is 0 Å². The number of nitro benzene ring substituents is 2. The highest BCUT2D eigenvalue weighted by atomic mass is 16.6. The lowest BCUT2D eigenvalue weighted by Crippen LogP contribution is -2.22. The van der Waals surface area contributed by atoms with E-state index in [1.807, 2.05) is 38.6 Å². The molecule has 0 aliphatic carbocycles. The number of nitrogens with zero attached hydrogens (tertiary/aromatic N) is 3. The molecule has 1 heterocycles. The van der Waals surface area contributed by atoms with Gasteiger partial charge in [-0.15, -0.1) is 0 Å². The maximum atomic E-state index is 10.4. The Bertz CT molecular complexity index is 748. The first-order valence-electron chi connectivity index (χ1n) is 6.51. The van der Waals surface area contributed by atoms with Crippen LogP contribution >= 0.6 is 0 Å². The second-order valence-corrected chi connectivity index (χ2v) is 4.66. The van der Waals surface area contributed by atoms with E-state index in [2.05, 4.69) is 9.88 Å². The van der Waals surface area contributed by atoms with Crippen molar-refractivity contribution in [2.24, 2.45) is 0 Å². The molecule has 0 aliphatic heterocycles. The molecule has 1 aromatic heterocycles. The monoisotopic (exact) mass is 334 g/mol. The number of carboxylic acid groups (broad SMARTS) is 1. The Morgan fingerprint density at radius 3 is 1.92 bits per heavy atom. The minimum atomic E-state index is -1.63. The largest absolute Gasteiger partial charge is 0.545 e. The molecule has 0 radical (unpaired) electrons. The highest BCUT2D eigenvalue weighted by Crippen LogP contribution is 2.27. The number of hydrogen-bond donors (Lipinski definition) is 0. The van der Waals surface area contributed by atoms with Crippen LogP contribution in [0.2, 0.25) is 0 Å². The molecule has 126 valence electrons. The van der Waals surface area contributed by atoms with Crippen LogP contribution in [0.3, 0.4) is 0 Å². The third-order valence-electron chi connectivity index (χ3n) is 2.82. The van der Waals surface area contributed by atoms with Crippen LogP contribution in [-0.2, 0) is 0 Å². The quantitative estimate of drug-likeness (QED) is 0.582. The van der Waals surface area contributed by atoms with Gasteiger partial charge in [0.2, 0.25) is 0 Å². The lowest BCUT2D eigenvalue weighted by Gasteiger charge is -2.08.